The number of para-hydroxylation sites is 1. The van der Waals surface area contributed by atoms with Crippen LogP contribution in [0.15, 0.2) is 65.1 Å². The number of anilines is 2. The van der Waals surface area contributed by atoms with E-state index in [1.54, 1.807) is 12.1 Å². The fourth-order valence-electron chi connectivity index (χ4n) is 4.28. The summed E-state index contributed by atoms with van der Waals surface area (Å²) in [5.74, 6) is -1.70. The lowest BCUT2D eigenvalue weighted by atomic mass is 10.1. The van der Waals surface area contributed by atoms with E-state index >= 15 is 0 Å². The van der Waals surface area contributed by atoms with Gasteiger partial charge in [-0.1, -0.05) is 24.3 Å². The average molecular weight is 468 g/mol. The summed E-state index contributed by atoms with van der Waals surface area (Å²) in [4.78, 5) is 27.3. The molecule has 0 unspecified atom stereocenters. The number of alkyl halides is 3. The number of fused-ring (bicyclic) bond motifs is 3. The van der Waals surface area contributed by atoms with Gasteiger partial charge in [0.05, 0.1) is 18.4 Å². The molecule has 1 atom stereocenters. The minimum Gasteiger partial charge on any atom is -0.495 e. The van der Waals surface area contributed by atoms with E-state index < -0.39 is 29.5 Å². The van der Waals surface area contributed by atoms with Crippen molar-refractivity contribution in [2.75, 3.05) is 23.9 Å². The van der Waals surface area contributed by atoms with Gasteiger partial charge in [-0.3, -0.25) is 9.59 Å². The van der Waals surface area contributed by atoms with Crippen LogP contribution in [0.1, 0.15) is 12.0 Å². The van der Waals surface area contributed by atoms with Gasteiger partial charge >= 0.3 is 6.18 Å². The highest BCUT2D eigenvalue weighted by Crippen LogP contribution is 2.40. The molecule has 1 aromatic heterocycles. The number of ether oxygens (including phenoxy) is 1. The summed E-state index contributed by atoms with van der Waals surface area (Å²) in [5.41, 5.74) is 0.832. The number of amides is 2. The van der Waals surface area contributed by atoms with Crippen molar-refractivity contribution in [2.45, 2.75) is 12.6 Å². The van der Waals surface area contributed by atoms with Gasteiger partial charge in [-0.25, -0.2) is 0 Å². The first-order valence-corrected chi connectivity index (χ1v) is 10.5. The molecule has 1 fully saturated rings. The second-order valence-corrected chi connectivity index (χ2v) is 8.02. The molecule has 1 saturated heterocycles. The van der Waals surface area contributed by atoms with Gasteiger partial charge in [-0.2, -0.15) is 13.2 Å². The van der Waals surface area contributed by atoms with Crippen molar-refractivity contribution in [3.63, 3.8) is 0 Å². The molecule has 9 heteroatoms. The summed E-state index contributed by atoms with van der Waals surface area (Å²) < 4.78 is 50.3. The van der Waals surface area contributed by atoms with Crippen LogP contribution >= 0.6 is 0 Å². The molecule has 2 heterocycles. The van der Waals surface area contributed by atoms with Crippen LogP contribution in [-0.2, 0) is 15.8 Å². The second kappa shape index (κ2) is 8.09. The van der Waals surface area contributed by atoms with Crippen molar-refractivity contribution >= 4 is 45.1 Å². The fourth-order valence-corrected chi connectivity index (χ4v) is 4.28. The highest BCUT2D eigenvalue weighted by molar-refractivity contribution is 6.15. The molecule has 6 nitrogen and oxygen atoms in total. The molecule has 5 rings (SSSR count). The van der Waals surface area contributed by atoms with Gasteiger partial charge in [0.15, 0.2) is 0 Å². The molecule has 3 aromatic carbocycles. The fraction of sp³-hybridized carbons (Fsp3) is 0.200. The minimum absolute atomic E-state index is 0.0210. The van der Waals surface area contributed by atoms with E-state index in [1.807, 2.05) is 24.3 Å². The van der Waals surface area contributed by atoms with Crippen LogP contribution in [0.25, 0.3) is 21.9 Å². The molecule has 0 bridgehead atoms. The smallest absolute Gasteiger partial charge is 0.416 e. The normalized spacial score (nSPS) is 16.4. The number of nitrogens with zero attached hydrogens (tertiary/aromatic N) is 1. The number of methoxy groups -OCH3 is 1. The molecule has 0 spiro atoms. The number of benzene rings is 3. The molecule has 0 aliphatic carbocycles. The first kappa shape index (κ1) is 21.8. The first-order valence-electron chi connectivity index (χ1n) is 10.5. The third-order valence-corrected chi connectivity index (χ3v) is 5.95. The lowest BCUT2D eigenvalue weighted by Gasteiger charge is -2.19. The maximum absolute atomic E-state index is 13.1. The summed E-state index contributed by atoms with van der Waals surface area (Å²) in [6.45, 7) is 0.252. The maximum Gasteiger partial charge on any atom is 0.416 e. The van der Waals surface area contributed by atoms with Gasteiger partial charge < -0.3 is 19.4 Å². The summed E-state index contributed by atoms with van der Waals surface area (Å²) in [7, 11) is 1.49. The van der Waals surface area contributed by atoms with Gasteiger partial charge in [0.25, 0.3) is 0 Å². The van der Waals surface area contributed by atoms with E-state index in [4.69, 9.17) is 9.15 Å². The lowest BCUT2D eigenvalue weighted by Crippen LogP contribution is -2.33. The Hall–Kier alpha value is -4.01. The molecule has 0 saturated carbocycles. The second-order valence-electron chi connectivity index (χ2n) is 8.02. The standard InChI is InChI=1S/C25H19F3N2O4/c1-33-22-12-18-16-7-2-3-8-20(16)34-21(18)13-19(22)30-10-9-17(24(30)32)23(31)29-15-6-4-5-14(11-15)25(26,27)28/h2-8,11-13,17H,9-10H2,1H3,(H,29,31)/t17-/m0/s1. The van der Waals surface area contributed by atoms with Gasteiger partial charge in [-0.15, -0.1) is 0 Å². The SMILES string of the molecule is COc1cc2c(cc1N1CC[C@@H](C(=O)Nc3cccc(C(F)(F)F)c3)C1=O)oc1ccccc12. The quantitative estimate of drug-likeness (QED) is 0.396. The van der Waals surface area contributed by atoms with E-state index in [2.05, 4.69) is 5.32 Å². The molecule has 0 radical (unpaired) electrons. The third-order valence-electron chi connectivity index (χ3n) is 5.95. The lowest BCUT2D eigenvalue weighted by molar-refractivity contribution is -0.137. The van der Waals surface area contributed by atoms with Crippen molar-refractivity contribution in [1.29, 1.82) is 0 Å². The van der Waals surface area contributed by atoms with Gasteiger partial charge in [0.2, 0.25) is 11.8 Å². The van der Waals surface area contributed by atoms with Crippen molar-refractivity contribution in [3.8, 4) is 5.75 Å². The Bertz CT molecular complexity index is 1430. The summed E-state index contributed by atoms with van der Waals surface area (Å²) in [6.07, 6.45) is -4.32. The summed E-state index contributed by atoms with van der Waals surface area (Å²) >= 11 is 0. The van der Waals surface area contributed by atoms with E-state index in [9.17, 15) is 22.8 Å². The molecule has 1 aliphatic rings. The highest BCUT2D eigenvalue weighted by Gasteiger charge is 2.39. The zero-order valence-corrected chi connectivity index (χ0v) is 18.0. The van der Waals surface area contributed by atoms with Crippen molar-refractivity contribution in [3.05, 3.63) is 66.2 Å². The number of hydrogen-bond donors (Lipinski definition) is 1. The number of carbonyl (C=O) groups excluding carboxylic acids is 2. The van der Waals surface area contributed by atoms with Gasteiger partial charge in [0.1, 0.15) is 22.8 Å². The number of nitrogens with one attached hydrogen (secondary N) is 1. The Kier molecular flexibility index (Phi) is 5.19. The highest BCUT2D eigenvalue weighted by atomic mass is 19.4. The first-order chi connectivity index (χ1) is 16.3. The molecule has 1 aliphatic heterocycles. The van der Waals surface area contributed by atoms with Crippen LogP contribution in [0, 0.1) is 5.92 Å². The Morgan fingerprint density at radius 2 is 1.85 bits per heavy atom. The van der Waals surface area contributed by atoms with E-state index in [0.29, 0.717) is 22.6 Å². The monoisotopic (exact) mass is 468 g/mol. The zero-order valence-electron chi connectivity index (χ0n) is 18.0. The van der Waals surface area contributed by atoms with E-state index in [-0.39, 0.29) is 18.7 Å². The molecule has 34 heavy (non-hydrogen) atoms. The van der Waals surface area contributed by atoms with Crippen LogP contribution in [-0.4, -0.2) is 25.5 Å². The predicted molar refractivity (Wildman–Crippen MR) is 121 cm³/mol. The van der Waals surface area contributed by atoms with Crippen LogP contribution in [0.2, 0.25) is 0 Å². The number of furan rings is 1. The van der Waals surface area contributed by atoms with E-state index in [0.717, 1.165) is 22.9 Å². The summed E-state index contributed by atoms with van der Waals surface area (Å²) in [5, 5.41) is 4.18. The predicted octanol–water partition coefficient (Wildman–Crippen LogP) is 5.61. The van der Waals surface area contributed by atoms with Crippen molar-refractivity contribution in [1.82, 2.24) is 0 Å². The number of carbonyl (C=O) groups is 2. The Morgan fingerprint density at radius 1 is 1.06 bits per heavy atom. The van der Waals surface area contributed by atoms with Crippen LogP contribution in [0.3, 0.4) is 0 Å². The summed E-state index contributed by atoms with van der Waals surface area (Å²) in [6, 6.07) is 15.3. The Balaban J connectivity index is 1.41. The molecular weight excluding hydrogens is 449 g/mol. The van der Waals surface area contributed by atoms with Crippen molar-refractivity contribution in [2.24, 2.45) is 5.92 Å². The van der Waals surface area contributed by atoms with Gasteiger partial charge in [0, 0.05) is 29.1 Å². The number of halogens is 3. The van der Waals surface area contributed by atoms with Crippen LogP contribution in [0.4, 0.5) is 24.5 Å². The van der Waals surface area contributed by atoms with Crippen LogP contribution < -0.4 is 15.0 Å². The Labute approximate surface area is 191 Å². The number of hydrogen-bond acceptors (Lipinski definition) is 4. The van der Waals surface area contributed by atoms with Crippen molar-refractivity contribution < 1.29 is 31.9 Å². The van der Waals surface area contributed by atoms with Crippen LogP contribution in [0.5, 0.6) is 5.75 Å². The third kappa shape index (κ3) is 3.72. The maximum atomic E-state index is 13.1. The molecule has 174 valence electrons. The minimum atomic E-state index is -4.54. The van der Waals surface area contributed by atoms with E-state index in [1.165, 1.54) is 24.1 Å². The van der Waals surface area contributed by atoms with Gasteiger partial charge in [-0.05, 0) is 36.8 Å². The molecule has 2 amide bonds. The number of rotatable bonds is 4. The average Bonchev–Trinajstić information content (AvgIpc) is 3.37. The Morgan fingerprint density at radius 3 is 2.62 bits per heavy atom. The molecule has 4 aromatic rings. The topological polar surface area (TPSA) is 71.8 Å². The zero-order chi connectivity index (χ0) is 24.0. The largest absolute Gasteiger partial charge is 0.495 e. The molecular formula is C25H19F3N2O4. The molecule has 1 N–H and O–H groups in total.